The number of primary amides is 1. The molecule has 121 heavy (non-hydrogen) atoms. The van der Waals surface area contributed by atoms with E-state index < -0.39 is 65.9 Å². The molecule has 0 bridgehead atoms. The number of nitrogens with zero attached hydrogens (tertiary/aromatic N) is 7. The number of aliphatic hydroxyl groups is 1. The topological polar surface area (TPSA) is 386 Å². The first kappa shape index (κ1) is 105. The molecule has 7 N–H and O–H groups in total. The highest BCUT2D eigenvalue weighted by atomic mass is 32.1. The van der Waals surface area contributed by atoms with E-state index in [0.717, 1.165) is 28.3 Å². The maximum absolute atomic E-state index is 14.2. The molecule has 0 aliphatic carbocycles. The van der Waals surface area contributed by atoms with Crippen molar-refractivity contribution < 1.29 is 86.4 Å². The number of likely N-dealkylation sites (tertiary alicyclic amines) is 2. The van der Waals surface area contributed by atoms with E-state index in [2.05, 4.69) is 84.8 Å². The Bertz CT molecular complexity index is 3720. The number of aliphatic hydroxyl groups excluding tert-OH is 1. The first-order chi connectivity index (χ1) is 57.1. The minimum atomic E-state index is -1.21. The third kappa shape index (κ3) is 36.4. The van der Waals surface area contributed by atoms with Gasteiger partial charge in [0.2, 0.25) is 47.5 Å². The molecule has 1 aromatic heterocycles. The van der Waals surface area contributed by atoms with Crippen molar-refractivity contribution in [2.45, 2.75) is 223 Å². The van der Waals surface area contributed by atoms with E-state index in [9.17, 15) is 67.4 Å². The Labute approximate surface area is 722 Å². The van der Waals surface area contributed by atoms with Crippen LogP contribution in [0.3, 0.4) is 0 Å². The van der Waals surface area contributed by atoms with Gasteiger partial charge in [0.1, 0.15) is 11.6 Å². The molecule has 0 radical (unpaired) electrons. The number of urea groups is 1. The highest BCUT2D eigenvalue weighted by molar-refractivity contribution is 7.09. The van der Waals surface area contributed by atoms with Crippen molar-refractivity contribution in [1.29, 1.82) is 0 Å². The molecule has 3 fully saturated rings. The standard InChI is InChI=1S/C43H67N3O6S.C42H65N9O12.C5H12/c1-11-29(6)41(45(9)43(51)34(28(4)5)24-38(49)30(7)27(2)3)39(52-10)25-40(50)46-20-15-18-36(46)35(26-47)31(8)37(48)23-33(42-44-19-21-53-42)22-32-16-13-12-14-17-32;1-28(2)37(47-34(54)15-23-61-25-26-62-24-17-44-33(53)14-18-51-35(55)12-13-36(51)56)32(52)27-30(7-6-16-45-41(43)59)39(57)46-31-10-8-29(9-11-31)38(63-42(60)48(3)4)40(58)50-21-19-49(5)20-22-50;1-5(2,3)4/h12-14,16-17,19,21,27-31,33-36,39,41,47H,11,15,18,20,22-26H2,1-10H3;8-11,28,30,37-38H,6-7,12-27H2,1-5H3,(H,44,53)(H,46,57)(H,47,54)(H3,43,45,59);1-4H3/t29-,30-,31+,33+,34-,35+,36-,39+,41-;30-,37+,38?;/m01./s1. The predicted molar refractivity (Wildman–Crippen MR) is 466 cm³/mol. The number of likely N-dealkylation sites (N-methyl/N-ethyl adjacent to an activating group) is 2. The van der Waals surface area contributed by atoms with E-state index in [1.807, 2.05) is 77.1 Å². The summed E-state index contributed by atoms with van der Waals surface area (Å²) in [6.45, 7) is 32.0. The summed E-state index contributed by atoms with van der Waals surface area (Å²) in [5.74, 6) is -4.99. The van der Waals surface area contributed by atoms with Crippen LogP contribution in [0.15, 0.2) is 66.2 Å². The summed E-state index contributed by atoms with van der Waals surface area (Å²) in [4.78, 5) is 183. The number of carbonyl (C=O) groups is 13. The molecule has 2 aromatic carbocycles. The highest BCUT2D eigenvalue weighted by Crippen LogP contribution is 2.36. The van der Waals surface area contributed by atoms with Gasteiger partial charge in [-0.05, 0) is 85.9 Å². The Morgan fingerprint density at radius 2 is 1.33 bits per heavy atom. The van der Waals surface area contributed by atoms with E-state index in [-0.39, 0.29) is 204 Å². The number of thiazole rings is 1. The average molecular weight is 1710 g/mol. The number of hydrogen-bond donors (Lipinski definition) is 6. The van der Waals surface area contributed by atoms with Crippen molar-refractivity contribution in [3.8, 4) is 0 Å². The monoisotopic (exact) mass is 1710 g/mol. The average Bonchev–Trinajstić information content (AvgIpc) is 1.70. The lowest BCUT2D eigenvalue weighted by molar-refractivity contribution is -0.148. The van der Waals surface area contributed by atoms with Crippen molar-refractivity contribution >= 4 is 93.8 Å². The van der Waals surface area contributed by atoms with Gasteiger partial charge in [-0.15, -0.1) is 11.3 Å². The fraction of sp³-hybridized carbons (Fsp3) is 0.689. The third-order valence-corrected chi connectivity index (χ3v) is 23.5. The van der Waals surface area contributed by atoms with Crippen LogP contribution in [0.25, 0.3) is 0 Å². The summed E-state index contributed by atoms with van der Waals surface area (Å²) in [5.41, 5.74) is 7.63. The molecule has 6 rings (SSSR count). The Balaban J connectivity index is 0.000000487. The zero-order chi connectivity index (χ0) is 90.4. The number of nitrogens with one attached hydrogen (secondary N) is 4. The number of anilines is 1. The molecule has 3 aliphatic rings. The van der Waals surface area contributed by atoms with Crippen molar-refractivity contribution in [3.63, 3.8) is 0 Å². The molecule has 3 aromatic rings. The van der Waals surface area contributed by atoms with Gasteiger partial charge in [-0.1, -0.05) is 146 Å². The second-order valence-electron chi connectivity index (χ2n) is 35.2. The number of methoxy groups -OCH3 is 1. The van der Waals surface area contributed by atoms with Crippen LogP contribution in [0.5, 0.6) is 0 Å². The van der Waals surface area contributed by atoms with Crippen molar-refractivity contribution in [2.75, 3.05) is 126 Å². The molecule has 31 heteroatoms. The van der Waals surface area contributed by atoms with Crippen LogP contribution < -0.4 is 27.0 Å². The fourth-order valence-corrected chi connectivity index (χ4v) is 15.5. The van der Waals surface area contributed by atoms with E-state index in [1.165, 1.54) is 19.0 Å². The second kappa shape index (κ2) is 53.4. The molecule has 0 saturated carbocycles. The summed E-state index contributed by atoms with van der Waals surface area (Å²) in [6, 6.07) is 14.2. The lowest BCUT2D eigenvalue weighted by Crippen LogP contribution is -2.53. The molecular weight excluding hydrogens is 1570 g/mol. The lowest BCUT2D eigenvalue weighted by atomic mass is 9.80. The first-order valence-electron chi connectivity index (χ1n) is 43.2. The van der Waals surface area contributed by atoms with E-state index in [0.29, 0.717) is 75.1 Å². The Morgan fingerprint density at radius 3 is 1.88 bits per heavy atom. The maximum atomic E-state index is 14.2. The largest absolute Gasteiger partial charge is 0.431 e. The van der Waals surface area contributed by atoms with Crippen LogP contribution in [0.1, 0.15) is 209 Å². The molecular formula is C90H144N12O18S. The zero-order valence-electron chi connectivity index (χ0n) is 75.6. The minimum absolute atomic E-state index is 0.0116. The number of nitrogens with two attached hydrogens (primary N) is 1. The van der Waals surface area contributed by atoms with Crippen molar-refractivity contribution in [2.24, 2.45) is 64.4 Å². The number of ether oxygens (including phenoxy) is 4. The Kier molecular flexibility index (Phi) is 46.2. The molecule has 678 valence electrons. The number of piperazine rings is 1. The molecule has 4 heterocycles. The van der Waals surface area contributed by atoms with Crippen molar-refractivity contribution in [1.82, 2.24) is 50.3 Å². The molecule has 30 nitrogen and oxygen atoms in total. The smallest absolute Gasteiger partial charge is 0.410 e. The molecule has 1 unspecified atom stereocenters. The second-order valence-corrected chi connectivity index (χ2v) is 36.1. The normalized spacial score (nSPS) is 17.1. The van der Waals surface area contributed by atoms with E-state index >= 15 is 0 Å². The van der Waals surface area contributed by atoms with E-state index in [4.69, 9.17) is 24.7 Å². The summed E-state index contributed by atoms with van der Waals surface area (Å²) in [6.07, 6.45) is 3.49. The molecule has 11 amide bonds. The van der Waals surface area contributed by atoms with Gasteiger partial charge in [-0.25, -0.2) is 14.6 Å². The summed E-state index contributed by atoms with van der Waals surface area (Å²) in [5, 5.41) is 24.3. The number of benzene rings is 2. The lowest BCUT2D eigenvalue weighted by Gasteiger charge is -2.41. The van der Waals surface area contributed by atoms with E-state index in [1.54, 1.807) is 79.6 Å². The van der Waals surface area contributed by atoms with Gasteiger partial charge in [0.05, 0.1) is 56.0 Å². The first-order valence-corrected chi connectivity index (χ1v) is 44.1. The van der Waals surface area contributed by atoms with Gasteiger partial charge in [-0.2, -0.15) is 0 Å². The number of aromatic nitrogens is 1. The number of amides is 11. The zero-order valence-corrected chi connectivity index (χ0v) is 76.4. The van der Waals surface area contributed by atoms with Gasteiger partial charge >= 0.3 is 12.1 Å². The van der Waals surface area contributed by atoms with Gasteiger partial charge in [-0.3, -0.25) is 57.6 Å². The van der Waals surface area contributed by atoms with Gasteiger partial charge in [0, 0.05) is 197 Å². The minimum Gasteiger partial charge on any atom is -0.431 e. The van der Waals surface area contributed by atoms with Crippen LogP contribution in [0.4, 0.5) is 15.3 Å². The van der Waals surface area contributed by atoms with Crippen LogP contribution in [-0.4, -0.2) is 261 Å². The SMILES string of the molecule is CC(C)(C)C.CC(C)[C@H](NC(=O)CCOCCOCCNC(=O)CCN1C(=O)CCC1=O)C(=O)C[C@@H](CCCNC(N)=O)C(=O)Nc1ccc(C(OC(=O)N(C)C)C(=O)N2CCN(C)CC2)cc1.CC[C@H](C)[C@@H]([C@@H](CC(=O)N1CCC[C@H]1[C@H](CO)[C@@H](C)C(=O)C[C@@H](Cc1ccccc1)c1nccs1)OC)N(C)C(=O)[C@@H](CC(=O)[C@@H](C)C(C)C)C(C)C. The van der Waals surface area contributed by atoms with Crippen LogP contribution in [-0.2, 0) is 78.1 Å². The van der Waals surface area contributed by atoms with Crippen molar-refractivity contribution in [3.05, 3.63) is 82.3 Å². The highest BCUT2D eigenvalue weighted by Gasteiger charge is 2.44. The number of carbonyl (C=O) groups excluding carboxylic acids is 13. The van der Waals surface area contributed by atoms with Crippen LogP contribution in [0.2, 0.25) is 0 Å². The summed E-state index contributed by atoms with van der Waals surface area (Å²) in [7, 11) is 8.37. The van der Waals surface area contributed by atoms with Crippen LogP contribution >= 0.6 is 11.3 Å². The molecule has 3 saturated heterocycles. The number of hydrogen-bond acceptors (Lipinski definition) is 21. The van der Waals surface area contributed by atoms with Crippen LogP contribution in [0, 0.1) is 58.7 Å². The van der Waals surface area contributed by atoms with Gasteiger partial charge in [0.15, 0.2) is 5.78 Å². The number of imide groups is 1. The quantitative estimate of drug-likeness (QED) is 0.0226. The number of ketones is 3. The Hall–Kier alpha value is -8.62. The maximum Gasteiger partial charge on any atom is 0.410 e. The summed E-state index contributed by atoms with van der Waals surface area (Å²) >= 11 is 1.56. The molecule has 12 atom stereocenters. The fourth-order valence-electron chi connectivity index (χ4n) is 14.8. The Morgan fingerprint density at radius 1 is 0.711 bits per heavy atom. The number of Topliss-reactive ketones (excluding diaryl/α,β-unsaturated/α-hetero) is 3. The molecule has 0 spiro atoms. The third-order valence-electron chi connectivity index (χ3n) is 22.6. The number of rotatable bonds is 48. The summed E-state index contributed by atoms with van der Waals surface area (Å²) < 4.78 is 22.6. The predicted octanol–water partition coefficient (Wildman–Crippen LogP) is 9.90. The van der Waals surface area contributed by atoms with Gasteiger partial charge in [0.25, 0.3) is 5.91 Å². The molecule has 3 aliphatic heterocycles. The van der Waals surface area contributed by atoms with Gasteiger partial charge < -0.3 is 75.6 Å².